The molecular weight excluding hydrogens is 440 g/mol. The van der Waals surface area contributed by atoms with E-state index < -0.39 is 41.8 Å². The Hall–Kier alpha value is -3.76. The molecule has 2 aromatic rings. The zero-order chi connectivity index (χ0) is 24.4. The number of hydrogen-bond acceptors (Lipinski definition) is 6. The van der Waals surface area contributed by atoms with Gasteiger partial charge in [0.2, 0.25) is 17.7 Å². The molecule has 0 bridgehead atoms. The minimum Gasteiger partial charge on any atom is -0.391 e. The number of amides is 4. The monoisotopic (exact) mass is 472 g/mol. The molecule has 10 nitrogen and oxygen atoms in total. The number of nitrogens with two attached hydrogens (primary N) is 1. The van der Waals surface area contributed by atoms with Crippen LogP contribution in [0.2, 0.25) is 0 Å². The lowest BCUT2D eigenvalue weighted by atomic mass is 10.0. The molecule has 0 spiro atoms. The fourth-order valence-electron chi connectivity index (χ4n) is 3.16. The molecule has 0 aliphatic rings. The van der Waals surface area contributed by atoms with Crippen LogP contribution in [0.25, 0.3) is 11.1 Å². The van der Waals surface area contributed by atoms with E-state index >= 15 is 0 Å². The summed E-state index contributed by atoms with van der Waals surface area (Å²) in [6, 6.07) is 14.5. The van der Waals surface area contributed by atoms with E-state index in [0.29, 0.717) is 5.56 Å². The summed E-state index contributed by atoms with van der Waals surface area (Å²) < 4.78 is 0. The first-order valence-corrected chi connectivity index (χ1v) is 10.4. The summed E-state index contributed by atoms with van der Waals surface area (Å²) in [7, 11) is 0. The average Bonchev–Trinajstić information content (AvgIpc) is 2.80. The van der Waals surface area contributed by atoms with Gasteiger partial charge in [-0.05, 0) is 30.0 Å². The molecule has 184 valence electrons. The van der Waals surface area contributed by atoms with E-state index in [4.69, 9.17) is 10.9 Å². The molecule has 0 saturated heterocycles. The van der Waals surface area contributed by atoms with Gasteiger partial charge < -0.3 is 21.5 Å². The maximum Gasteiger partial charge on any atom is 0.268 e. The fourth-order valence-corrected chi connectivity index (χ4v) is 3.16. The molecule has 3 atom stereocenters. The lowest BCUT2D eigenvalue weighted by molar-refractivity contribution is -0.138. The molecule has 4 amide bonds. The van der Waals surface area contributed by atoms with Crippen molar-refractivity contribution in [1.82, 2.24) is 16.1 Å². The van der Waals surface area contributed by atoms with E-state index in [1.54, 1.807) is 12.1 Å². The Morgan fingerprint density at radius 1 is 0.912 bits per heavy atom. The van der Waals surface area contributed by atoms with Crippen LogP contribution < -0.4 is 21.8 Å². The number of hydrogen-bond donors (Lipinski definition) is 6. The van der Waals surface area contributed by atoms with Crippen molar-refractivity contribution in [3.05, 3.63) is 60.2 Å². The normalized spacial score (nSPS) is 12.9. The summed E-state index contributed by atoms with van der Waals surface area (Å²) in [6.45, 7) is 1.25. The van der Waals surface area contributed by atoms with Gasteiger partial charge in [-0.3, -0.25) is 24.4 Å². The largest absolute Gasteiger partial charge is 0.391 e. The third-order valence-corrected chi connectivity index (χ3v) is 4.93. The van der Waals surface area contributed by atoms with Gasteiger partial charge in [0, 0.05) is 6.42 Å². The first kappa shape index (κ1) is 28.3. The van der Waals surface area contributed by atoms with Gasteiger partial charge in [-0.15, -0.1) is 0 Å². The van der Waals surface area contributed by atoms with Crippen molar-refractivity contribution in [3.63, 3.8) is 0 Å². The third-order valence-electron chi connectivity index (χ3n) is 4.93. The lowest BCUT2D eigenvalue weighted by Gasteiger charge is -2.23. The van der Waals surface area contributed by atoms with E-state index in [1.807, 2.05) is 42.5 Å². The highest BCUT2D eigenvalue weighted by Gasteiger charge is 2.29. The molecule has 0 heterocycles. The Kier molecular flexibility index (Phi) is 11.4. The standard InChI is InChI=1S/C23H28N4O6.CH4/c1-14(28)21(23(32)27-33)26-22(31)18(11-12-19(24)29)25-20(30)13-15-7-9-17(10-8-15)16-5-3-2-4-6-16;/h2-10,14,18,21,28,33H,11-13H2,1H3,(H2,24,29)(H,25,30)(H,26,31)(H,27,32);1H4/t14-,18+,21+;/m1./s1. The zero-order valence-electron chi connectivity index (χ0n) is 18.2. The number of benzene rings is 2. The second kappa shape index (κ2) is 13.7. The molecule has 0 saturated carbocycles. The predicted molar refractivity (Wildman–Crippen MR) is 126 cm³/mol. The quantitative estimate of drug-likeness (QED) is 0.207. The molecule has 0 aromatic heterocycles. The van der Waals surface area contributed by atoms with Crippen LogP contribution in [0, 0.1) is 0 Å². The highest BCUT2D eigenvalue weighted by molar-refractivity contribution is 5.92. The van der Waals surface area contributed by atoms with Crippen LogP contribution in [-0.4, -0.2) is 52.1 Å². The van der Waals surface area contributed by atoms with Crippen molar-refractivity contribution in [2.24, 2.45) is 5.73 Å². The highest BCUT2D eigenvalue weighted by atomic mass is 16.5. The van der Waals surface area contributed by atoms with Crippen molar-refractivity contribution < 1.29 is 29.5 Å². The van der Waals surface area contributed by atoms with E-state index in [9.17, 15) is 24.3 Å². The molecule has 34 heavy (non-hydrogen) atoms. The van der Waals surface area contributed by atoms with Gasteiger partial charge in [-0.1, -0.05) is 62.0 Å². The first-order valence-electron chi connectivity index (χ1n) is 10.4. The van der Waals surface area contributed by atoms with Gasteiger partial charge >= 0.3 is 0 Å². The van der Waals surface area contributed by atoms with E-state index in [2.05, 4.69) is 10.6 Å². The molecule has 0 aliphatic heterocycles. The average molecular weight is 473 g/mol. The Bertz CT molecular complexity index is 963. The van der Waals surface area contributed by atoms with Crippen LogP contribution in [0.3, 0.4) is 0 Å². The van der Waals surface area contributed by atoms with Crippen molar-refractivity contribution in [2.75, 3.05) is 0 Å². The number of aliphatic hydroxyl groups is 1. The number of carbonyl (C=O) groups is 4. The summed E-state index contributed by atoms with van der Waals surface area (Å²) in [5.41, 5.74) is 9.25. The van der Waals surface area contributed by atoms with Crippen molar-refractivity contribution >= 4 is 23.6 Å². The fraction of sp³-hybridized carbons (Fsp3) is 0.333. The van der Waals surface area contributed by atoms with Crippen molar-refractivity contribution in [3.8, 4) is 11.1 Å². The number of carbonyl (C=O) groups excluding carboxylic acids is 4. The van der Waals surface area contributed by atoms with Crippen LogP contribution in [0.1, 0.15) is 32.8 Å². The number of nitrogens with one attached hydrogen (secondary N) is 3. The molecule has 7 N–H and O–H groups in total. The Morgan fingerprint density at radius 2 is 1.50 bits per heavy atom. The van der Waals surface area contributed by atoms with Crippen molar-refractivity contribution in [2.45, 2.75) is 51.8 Å². The SMILES string of the molecule is C.C[C@@H](O)[C@H](NC(=O)[C@H](CCC(N)=O)NC(=O)Cc1ccc(-c2ccccc2)cc1)C(=O)NO. The maximum atomic E-state index is 12.6. The molecule has 2 aromatic carbocycles. The molecule has 0 radical (unpaired) electrons. The molecular formula is C24H32N4O6. The van der Waals surface area contributed by atoms with Crippen LogP contribution in [0.5, 0.6) is 0 Å². The second-order valence-corrected chi connectivity index (χ2v) is 7.57. The number of aliphatic hydroxyl groups excluding tert-OH is 1. The minimum atomic E-state index is -1.46. The van der Waals surface area contributed by atoms with Crippen LogP contribution in [0.4, 0.5) is 0 Å². The van der Waals surface area contributed by atoms with Gasteiger partial charge in [-0.2, -0.15) is 0 Å². The molecule has 10 heteroatoms. The van der Waals surface area contributed by atoms with Gasteiger partial charge in [0.15, 0.2) is 0 Å². The highest BCUT2D eigenvalue weighted by Crippen LogP contribution is 2.19. The van der Waals surface area contributed by atoms with Crippen LogP contribution in [0.15, 0.2) is 54.6 Å². The molecule has 0 unspecified atom stereocenters. The van der Waals surface area contributed by atoms with Gasteiger partial charge in [0.25, 0.3) is 5.91 Å². The summed E-state index contributed by atoms with van der Waals surface area (Å²) in [4.78, 5) is 48.0. The Balaban J connectivity index is 0.00000578. The zero-order valence-corrected chi connectivity index (χ0v) is 18.2. The van der Waals surface area contributed by atoms with E-state index in [1.165, 1.54) is 12.4 Å². The third kappa shape index (κ3) is 8.64. The summed E-state index contributed by atoms with van der Waals surface area (Å²) in [5.74, 6) is -2.98. The number of primary amides is 1. The Morgan fingerprint density at radius 3 is 2.03 bits per heavy atom. The Labute approximate surface area is 198 Å². The molecule has 2 rings (SSSR count). The molecule has 0 aliphatic carbocycles. The maximum absolute atomic E-state index is 12.6. The summed E-state index contributed by atoms with van der Waals surface area (Å²) >= 11 is 0. The minimum absolute atomic E-state index is 0. The van der Waals surface area contributed by atoms with Crippen LogP contribution >= 0.6 is 0 Å². The second-order valence-electron chi connectivity index (χ2n) is 7.57. The van der Waals surface area contributed by atoms with Crippen molar-refractivity contribution in [1.29, 1.82) is 0 Å². The van der Waals surface area contributed by atoms with E-state index in [0.717, 1.165) is 11.1 Å². The topological polar surface area (TPSA) is 171 Å². The summed E-state index contributed by atoms with van der Waals surface area (Å²) in [6.07, 6.45) is -1.63. The predicted octanol–water partition coefficient (Wildman–Crippen LogP) is 0.654. The lowest BCUT2D eigenvalue weighted by Crippen LogP contribution is -2.57. The van der Waals surface area contributed by atoms with Crippen LogP contribution in [-0.2, 0) is 25.6 Å². The van der Waals surface area contributed by atoms with Gasteiger partial charge in [0.05, 0.1) is 12.5 Å². The molecule has 0 fully saturated rings. The van der Waals surface area contributed by atoms with Gasteiger partial charge in [-0.25, -0.2) is 5.48 Å². The summed E-state index contributed by atoms with van der Waals surface area (Å²) in [5, 5.41) is 23.3. The first-order chi connectivity index (χ1) is 15.7. The number of hydroxylamine groups is 1. The van der Waals surface area contributed by atoms with E-state index in [-0.39, 0.29) is 26.7 Å². The van der Waals surface area contributed by atoms with Gasteiger partial charge in [0.1, 0.15) is 12.1 Å². The smallest absolute Gasteiger partial charge is 0.268 e. The number of rotatable bonds is 11.